The van der Waals surface area contributed by atoms with E-state index in [1.54, 1.807) is 48.6 Å². The third-order valence-corrected chi connectivity index (χ3v) is 9.24. The van der Waals surface area contributed by atoms with Crippen molar-refractivity contribution < 1.29 is 57.3 Å². The molecule has 56 heavy (non-hydrogen) atoms. The minimum Gasteiger partial charge on any atom is -0.478 e. The molecule has 0 aromatic carbocycles. The first kappa shape index (κ1) is 33.4. The molecule has 0 radical (unpaired) electrons. The van der Waals surface area contributed by atoms with E-state index in [9.17, 15) is 39.6 Å². The highest BCUT2D eigenvalue weighted by molar-refractivity contribution is 6.06. The highest BCUT2D eigenvalue weighted by Crippen LogP contribution is 2.41. The molecule has 2 aliphatic rings. The first-order valence-electron chi connectivity index (χ1n) is 16.5. The molecule has 6 N–H and O–H groups in total. The molecule has 0 atom stereocenters. The zero-order valence-corrected chi connectivity index (χ0v) is 28.2. The Kier molecular flexibility index (Phi) is 7.54. The van der Waals surface area contributed by atoms with Crippen LogP contribution in [-0.2, 0) is 0 Å². The number of hydrogen-bond acceptors (Lipinski definition) is 10. The van der Waals surface area contributed by atoms with Gasteiger partial charge in [0.15, 0.2) is 23.0 Å². The third kappa shape index (κ3) is 5.24. The average molecular weight is 751 g/mol. The van der Waals surface area contributed by atoms with Crippen molar-refractivity contribution in [3.8, 4) is 45.3 Å². The molecule has 2 aliphatic heterocycles. The Hall–Kier alpha value is -8.40. The standard InChI is InChI=1S/C40H22N4O12/c45-37(46)17-9-13-53-33(17)29-21-1-2-22(41-21)30(34-18(38(47)48)10-14-54-34)24-5-6-26(43-24)32(36-20(40(51)52)12-16-56-36)28-8-7-27(44-28)31(25-4-3-23(29)42-25)35-19(39(49)50)11-15-55-35/h1-16,41,44H,(H,45,46)(H,47,48)(H,49,50)(H,51,52). The number of H-pyrrole nitrogens is 2. The van der Waals surface area contributed by atoms with Crippen LogP contribution in [0.15, 0.2) is 91.3 Å². The van der Waals surface area contributed by atoms with Crippen LogP contribution in [0.3, 0.4) is 0 Å². The van der Waals surface area contributed by atoms with Gasteiger partial charge in [0.05, 0.1) is 92.1 Å². The second kappa shape index (κ2) is 12.6. The molecule has 0 fully saturated rings. The smallest absolute Gasteiger partial charge is 0.339 e. The van der Waals surface area contributed by atoms with Crippen LogP contribution < -0.4 is 0 Å². The van der Waals surface area contributed by atoms with Gasteiger partial charge in [-0.15, -0.1) is 0 Å². The number of aromatic nitrogens is 4. The number of aromatic carboxylic acids is 4. The number of rotatable bonds is 8. The van der Waals surface area contributed by atoms with Crippen molar-refractivity contribution in [2.45, 2.75) is 0 Å². The molecule has 274 valence electrons. The normalized spacial score (nSPS) is 12.0. The Morgan fingerprint density at radius 3 is 0.839 bits per heavy atom. The Balaban J connectivity index is 1.51. The van der Waals surface area contributed by atoms with Crippen molar-refractivity contribution >= 4 is 70.2 Å². The topological polar surface area (TPSA) is 259 Å². The van der Waals surface area contributed by atoms with Gasteiger partial charge in [0.1, 0.15) is 22.3 Å². The van der Waals surface area contributed by atoms with Gasteiger partial charge in [0.25, 0.3) is 0 Å². The number of aromatic amines is 2. The van der Waals surface area contributed by atoms with Crippen LogP contribution in [0.4, 0.5) is 0 Å². The molecular weight excluding hydrogens is 728 g/mol. The Morgan fingerprint density at radius 2 is 0.625 bits per heavy atom. The lowest BCUT2D eigenvalue weighted by Crippen LogP contribution is -1.98. The number of nitrogens with zero attached hydrogens (tertiary/aromatic N) is 2. The largest absolute Gasteiger partial charge is 0.478 e. The quantitative estimate of drug-likeness (QED) is 0.0851. The van der Waals surface area contributed by atoms with E-state index in [4.69, 9.17) is 27.6 Å². The highest BCUT2D eigenvalue weighted by atomic mass is 16.4. The zero-order valence-electron chi connectivity index (χ0n) is 28.2. The van der Waals surface area contributed by atoms with Crippen molar-refractivity contribution in [3.05, 3.63) is 119 Å². The molecule has 9 heterocycles. The van der Waals surface area contributed by atoms with Crippen molar-refractivity contribution in [1.29, 1.82) is 0 Å². The molecule has 7 aromatic heterocycles. The summed E-state index contributed by atoms with van der Waals surface area (Å²) in [5.74, 6) is -5.36. The van der Waals surface area contributed by atoms with E-state index in [0.717, 1.165) is 0 Å². The molecule has 9 rings (SSSR count). The van der Waals surface area contributed by atoms with Crippen molar-refractivity contribution in [1.82, 2.24) is 19.9 Å². The van der Waals surface area contributed by atoms with Gasteiger partial charge in [-0.25, -0.2) is 29.1 Å². The fraction of sp³-hybridized carbons (Fsp3) is 0. The molecule has 0 unspecified atom stereocenters. The Bertz CT molecular complexity index is 2670. The maximum absolute atomic E-state index is 12.4. The van der Waals surface area contributed by atoms with E-state index < -0.39 is 23.9 Å². The summed E-state index contributed by atoms with van der Waals surface area (Å²) in [7, 11) is 0. The van der Waals surface area contributed by atoms with Crippen LogP contribution in [0, 0.1) is 0 Å². The maximum atomic E-state index is 12.4. The second-order valence-electron chi connectivity index (χ2n) is 12.4. The molecule has 8 bridgehead atoms. The summed E-state index contributed by atoms with van der Waals surface area (Å²) in [4.78, 5) is 65.9. The summed E-state index contributed by atoms with van der Waals surface area (Å²) < 4.78 is 23.1. The summed E-state index contributed by atoms with van der Waals surface area (Å²) >= 11 is 0. The first-order valence-corrected chi connectivity index (χ1v) is 16.5. The zero-order chi connectivity index (χ0) is 38.8. The van der Waals surface area contributed by atoms with E-state index in [0.29, 0.717) is 22.1 Å². The predicted molar refractivity (Wildman–Crippen MR) is 198 cm³/mol. The lowest BCUT2D eigenvalue weighted by Gasteiger charge is -2.05. The Morgan fingerprint density at radius 1 is 0.393 bits per heavy atom. The predicted octanol–water partition coefficient (Wildman–Crippen LogP) is 8.49. The molecule has 0 aliphatic carbocycles. The van der Waals surface area contributed by atoms with Crippen LogP contribution in [-0.4, -0.2) is 64.2 Å². The highest BCUT2D eigenvalue weighted by Gasteiger charge is 2.28. The van der Waals surface area contributed by atoms with Gasteiger partial charge >= 0.3 is 23.9 Å². The van der Waals surface area contributed by atoms with Gasteiger partial charge in [-0.2, -0.15) is 0 Å². The van der Waals surface area contributed by atoms with Crippen molar-refractivity contribution in [2.75, 3.05) is 0 Å². The molecule has 16 nitrogen and oxygen atoms in total. The van der Waals surface area contributed by atoms with E-state index in [1.807, 2.05) is 0 Å². The summed E-state index contributed by atoms with van der Waals surface area (Å²) in [5, 5.41) is 40.5. The fourth-order valence-electron chi connectivity index (χ4n) is 6.85. The first-order chi connectivity index (χ1) is 27.1. The van der Waals surface area contributed by atoms with Gasteiger partial charge in [-0.1, -0.05) is 0 Å². The Labute approximate surface area is 310 Å². The SMILES string of the molecule is O=C(O)c1ccoc1-c1c2nc(c(-c3occc3C(=O)O)c3ccc([nH]3)c(-c3occc3C(=O)O)c3nc(c(-c4occc4C(=O)O)c4ccc1[nH]4)C=C3)C=C2. The van der Waals surface area contributed by atoms with Gasteiger partial charge < -0.3 is 48.1 Å². The number of carboxylic acid groups (broad SMARTS) is 4. The van der Waals surface area contributed by atoms with Gasteiger partial charge in [0.2, 0.25) is 0 Å². The molecule has 7 aromatic rings. The van der Waals surface area contributed by atoms with Crippen LogP contribution in [0.2, 0.25) is 0 Å². The number of hydrogen-bond donors (Lipinski definition) is 6. The number of carbonyl (C=O) groups is 4. The summed E-state index contributed by atoms with van der Waals surface area (Å²) in [6.07, 6.45) is 11.2. The summed E-state index contributed by atoms with van der Waals surface area (Å²) in [6.45, 7) is 0. The van der Waals surface area contributed by atoms with Gasteiger partial charge in [-0.05, 0) is 72.8 Å². The maximum Gasteiger partial charge on any atom is 0.339 e. The average Bonchev–Trinajstić information content (AvgIpc) is 4.01. The minimum absolute atomic E-state index is 0.0592. The lowest BCUT2D eigenvalue weighted by molar-refractivity contribution is 0.0686. The van der Waals surface area contributed by atoms with E-state index >= 15 is 0 Å². The molecule has 0 saturated heterocycles. The molecule has 0 saturated carbocycles. The fourth-order valence-corrected chi connectivity index (χ4v) is 6.85. The number of nitrogens with one attached hydrogen (secondary N) is 2. The monoisotopic (exact) mass is 750 g/mol. The number of furan rings is 4. The van der Waals surface area contributed by atoms with Gasteiger partial charge in [0, 0.05) is 0 Å². The van der Waals surface area contributed by atoms with E-state index in [1.165, 1.54) is 49.3 Å². The van der Waals surface area contributed by atoms with Crippen molar-refractivity contribution in [2.24, 2.45) is 0 Å². The molecule has 0 spiro atoms. The van der Waals surface area contributed by atoms with Crippen molar-refractivity contribution in [3.63, 3.8) is 0 Å². The number of fused-ring (bicyclic) bond motifs is 8. The summed E-state index contributed by atoms with van der Waals surface area (Å²) in [5.41, 5.74) is 2.08. The van der Waals surface area contributed by atoms with Crippen LogP contribution >= 0.6 is 0 Å². The summed E-state index contributed by atoms with van der Waals surface area (Å²) in [6, 6.07) is 11.6. The van der Waals surface area contributed by atoms with Crippen LogP contribution in [0.1, 0.15) is 64.2 Å². The molecule has 16 heteroatoms. The van der Waals surface area contributed by atoms with E-state index in [2.05, 4.69) is 9.97 Å². The van der Waals surface area contributed by atoms with Crippen LogP contribution in [0.5, 0.6) is 0 Å². The van der Waals surface area contributed by atoms with Gasteiger partial charge in [-0.3, -0.25) is 0 Å². The lowest BCUT2D eigenvalue weighted by atomic mass is 10.1. The molecular formula is C40H22N4O12. The molecule has 0 amide bonds. The van der Waals surface area contributed by atoms with E-state index in [-0.39, 0.29) is 90.3 Å². The second-order valence-corrected chi connectivity index (χ2v) is 12.4. The third-order valence-electron chi connectivity index (χ3n) is 9.24. The minimum atomic E-state index is -1.28. The number of carboxylic acids is 4. The van der Waals surface area contributed by atoms with Crippen LogP contribution in [0.25, 0.3) is 91.7 Å².